The molecule has 12 nitrogen and oxygen atoms in total. The van der Waals surface area contributed by atoms with Crippen molar-refractivity contribution in [2.24, 2.45) is 0 Å². The molecule has 0 aliphatic carbocycles. The van der Waals surface area contributed by atoms with Crippen LogP contribution in [0.15, 0.2) is 12.1 Å². The Hall–Kier alpha value is -3.64. The zero-order chi connectivity index (χ0) is 27.6. The summed E-state index contributed by atoms with van der Waals surface area (Å²) >= 11 is 5.97. The van der Waals surface area contributed by atoms with Crippen LogP contribution in [0.25, 0.3) is 11.0 Å². The molecule has 6 N–H and O–H groups in total. The van der Waals surface area contributed by atoms with Crippen LogP contribution in [-0.2, 0) is 19.6 Å². The van der Waals surface area contributed by atoms with Gasteiger partial charge in [0.1, 0.15) is 6.54 Å². The summed E-state index contributed by atoms with van der Waals surface area (Å²) in [6.07, 6.45) is 0.888. The highest BCUT2D eigenvalue weighted by molar-refractivity contribution is 6.31. The highest BCUT2D eigenvalue weighted by Crippen LogP contribution is 2.28. The average molecular weight is 544 g/mol. The number of hydrogen-bond donors (Lipinski definition) is 4. The topological polar surface area (TPSA) is 151 Å². The molecule has 1 saturated heterocycles. The summed E-state index contributed by atoms with van der Waals surface area (Å²) in [5, 5.41) is 6.13. The van der Waals surface area contributed by atoms with Gasteiger partial charge >= 0.3 is 0 Å². The lowest BCUT2D eigenvalue weighted by atomic mass is 10.1. The molecular formula is C25H36ClN10O2+. The van der Waals surface area contributed by atoms with Crippen LogP contribution in [0.1, 0.15) is 46.9 Å². The van der Waals surface area contributed by atoms with E-state index in [-0.39, 0.29) is 34.9 Å². The Balaban J connectivity index is 1.77. The number of carbonyl (C=O) groups is 2. The Morgan fingerprint density at radius 2 is 1.87 bits per heavy atom. The number of halogens is 1. The van der Waals surface area contributed by atoms with Crippen LogP contribution in [0.4, 0.5) is 17.3 Å². The summed E-state index contributed by atoms with van der Waals surface area (Å²) in [7, 11) is 3.89. The van der Waals surface area contributed by atoms with Gasteiger partial charge in [-0.3, -0.25) is 9.59 Å². The third kappa shape index (κ3) is 5.18. The van der Waals surface area contributed by atoms with Crippen molar-refractivity contribution in [2.75, 3.05) is 56.6 Å². The van der Waals surface area contributed by atoms with E-state index < -0.39 is 5.91 Å². The summed E-state index contributed by atoms with van der Waals surface area (Å²) in [5.41, 5.74) is 14.9. The quantitative estimate of drug-likeness (QED) is 0.307. The van der Waals surface area contributed by atoms with E-state index in [0.29, 0.717) is 25.2 Å². The van der Waals surface area contributed by atoms with Crippen molar-refractivity contribution in [3.05, 3.63) is 34.4 Å². The van der Waals surface area contributed by atoms with Gasteiger partial charge in [-0.25, -0.2) is 19.1 Å². The number of anilines is 3. The van der Waals surface area contributed by atoms with Gasteiger partial charge in [0.15, 0.2) is 33.5 Å². The maximum atomic E-state index is 13.6. The van der Waals surface area contributed by atoms with Crippen LogP contribution in [-0.4, -0.2) is 71.5 Å². The Labute approximate surface area is 226 Å². The number of nitrogens with zero attached hydrogens (tertiary/aromatic N) is 6. The predicted octanol–water partition coefficient (Wildman–Crippen LogP) is 1.01. The molecule has 38 heavy (non-hydrogen) atoms. The molecular weight excluding hydrogens is 508 g/mol. The van der Waals surface area contributed by atoms with Crippen molar-refractivity contribution in [1.29, 1.82) is 0 Å². The highest BCUT2D eigenvalue weighted by atomic mass is 35.5. The van der Waals surface area contributed by atoms with E-state index in [0.717, 1.165) is 48.6 Å². The number of hydrogen-bond acceptors (Lipinski definition) is 8. The highest BCUT2D eigenvalue weighted by Gasteiger charge is 2.30. The second kappa shape index (κ2) is 11.4. The van der Waals surface area contributed by atoms with Crippen LogP contribution in [0.5, 0.6) is 0 Å². The molecule has 3 aromatic rings. The smallest absolute Gasteiger partial charge is 0.277 e. The summed E-state index contributed by atoms with van der Waals surface area (Å²) in [4.78, 5) is 38.4. The molecule has 1 aliphatic rings. The van der Waals surface area contributed by atoms with E-state index in [1.807, 2.05) is 36.9 Å². The van der Waals surface area contributed by atoms with Gasteiger partial charge in [0, 0.05) is 52.4 Å². The lowest BCUT2D eigenvalue weighted by molar-refractivity contribution is -0.680. The molecule has 0 radical (unpaired) electrons. The second-order valence-electron chi connectivity index (χ2n) is 9.42. The fourth-order valence-electron chi connectivity index (χ4n) is 4.87. The van der Waals surface area contributed by atoms with Gasteiger partial charge in [0.25, 0.3) is 17.6 Å². The maximum Gasteiger partial charge on any atom is 0.277 e. The van der Waals surface area contributed by atoms with Gasteiger partial charge in [-0.1, -0.05) is 18.5 Å². The number of nitrogens with two attached hydrogens (primary N) is 2. The Kier molecular flexibility index (Phi) is 8.22. The summed E-state index contributed by atoms with van der Waals surface area (Å²) in [6.45, 7) is 8.66. The number of benzene rings is 1. The molecule has 2 aromatic heterocycles. The molecule has 0 saturated carbocycles. The predicted molar refractivity (Wildman–Crippen MR) is 148 cm³/mol. The number of aromatic nitrogens is 4. The van der Waals surface area contributed by atoms with Gasteiger partial charge in [-0.2, -0.15) is 0 Å². The first kappa shape index (κ1) is 27.4. The number of carbonyl (C=O) groups excluding carboxylic acids is 2. The van der Waals surface area contributed by atoms with Crippen LogP contribution >= 0.6 is 11.6 Å². The third-order valence-electron chi connectivity index (χ3n) is 6.70. The van der Waals surface area contributed by atoms with Crippen LogP contribution in [0.2, 0.25) is 5.15 Å². The van der Waals surface area contributed by atoms with Crippen LogP contribution < -0.4 is 31.6 Å². The molecule has 4 rings (SSSR count). The number of rotatable bonds is 8. The van der Waals surface area contributed by atoms with Crippen molar-refractivity contribution >= 4 is 51.8 Å². The second-order valence-corrected chi connectivity index (χ2v) is 9.78. The fraction of sp³-hybridized carbons (Fsp3) is 0.480. The zero-order valence-corrected chi connectivity index (χ0v) is 23.1. The molecule has 0 unspecified atom stereocenters. The molecule has 0 atom stereocenters. The molecule has 13 heteroatoms. The molecule has 2 amide bonds. The van der Waals surface area contributed by atoms with Crippen LogP contribution in [0, 0.1) is 0 Å². The van der Waals surface area contributed by atoms with Crippen molar-refractivity contribution in [1.82, 2.24) is 30.1 Å². The van der Waals surface area contributed by atoms with E-state index in [1.54, 1.807) is 0 Å². The van der Waals surface area contributed by atoms with Gasteiger partial charge in [-0.05, 0) is 13.3 Å². The maximum absolute atomic E-state index is 13.6. The largest absolute Gasteiger partial charge is 0.382 e. The summed E-state index contributed by atoms with van der Waals surface area (Å²) in [5.74, 6) is 0.287. The van der Waals surface area contributed by atoms with E-state index >= 15 is 0 Å². The number of piperazine rings is 1. The van der Waals surface area contributed by atoms with E-state index in [2.05, 4.69) is 42.7 Å². The Bertz CT molecular complexity index is 1360. The summed E-state index contributed by atoms with van der Waals surface area (Å²) < 4.78 is 4.32. The minimum Gasteiger partial charge on any atom is -0.382 e. The number of aryl methyl sites for hydroxylation is 2. The van der Waals surface area contributed by atoms with Gasteiger partial charge in [0.2, 0.25) is 0 Å². The first-order valence-corrected chi connectivity index (χ1v) is 13.2. The van der Waals surface area contributed by atoms with Crippen molar-refractivity contribution in [2.45, 2.75) is 39.9 Å². The first-order chi connectivity index (χ1) is 18.2. The molecule has 204 valence electrons. The number of nitrogen functional groups attached to an aromatic ring is 2. The molecule has 3 heterocycles. The minimum atomic E-state index is -0.503. The van der Waals surface area contributed by atoms with Gasteiger partial charge in [0.05, 0.1) is 24.3 Å². The normalized spacial score (nSPS) is 13.7. The standard InChI is InChI=1S/C25H35ClN10O2/c1-5-9-36-18-13-16(33(3)4)15(25(38)34-10-7-29-8-11-34)12-17(18)35(6-2)19(36)14-30-24(37)20-22(27)32-23(28)21(26)31-20/h12-13,29H,5-11,14H2,1-4H3,(H4-,27,28,30,32,37)/p+1. The third-order valence-corrected chi connectivity index (χ3v) is 6.98. The van der Waals surface area contributed by atoms with Crippen molar-refractivity contribution in [3.8, 4) is 0 Å². The monoisotopic (exact) mass is 543 g/mol. The molecule has 0 bridgehead atoms. The Morgan fingerprint density at radius 3 is 2.50 bits per heavy atom. The SMILES string of the molecule is CCC[n+]1c(CNC(=O)c2nc(Cl)c(N)nc2N)n(CC)c2cc(C(=O)N3CCNCC3)c(N(C)C)cc21. The molecule has 1 aromatic carbocycles. The fourth-order valence-corrected chi connectivity index (χ4v) is 5.00. The van der Waals surface area contributed by atoms with Crippen molar-refractivity contribution in [3.63, 3.8) is 0 Å². The average Bonchev–Trinajstić information content (AvgIpc) is 3.20. The van der Waals surface area contributed by atoms with E-state index in [4.69, 9.17) is 23.1 Å². The van der Waals surface area contributed by atoms with E-state index in [9.17, 15) is 9.59 Å². The molecule has 0 spiro atoms. The minimum absolute atomic E-state index is 0.0205. The number of nitrogens with one attached hydrogen (secondary N) is 2. The first-order valence-electron chi connectivity index (χ1n) is 12.8. The van der Waals surface area contributed by atoms with E-state index in [1.165, 1.54) is 0 Å². The lowest BCUT2D eigenvalue weighted by Gasteiger charge is -2.29. The number of imidazole rings is 1. The van der Waals surface area contributed by atoms with Crippen LogP contribution in [0.3, 0.4) is 0 Å². The Morgan fingerprint density at radius 1 is 1.16 bits per heavy atom. The van der Waals surface area contributed by atoms with Gasteiger partial charge < -0.3 is 31.9 Å². The summed E-state index contributed by atoms with van der Waals surface area (Å²) in [6, 6.07) is 4.06. The lowest BCUT2D eigenvalue weighted by Crippen LogP contribution is -2.46. The zero-order valence-electron chi connectivity index (χ0n) is 22.3. The number of fused-ring (bicyclic) bond motifs is 1. The van der Waals surface area contributed by atoms with Crippen molar-refractivity contribution < 1.29 is 14.2 Å². The number of amides is 2. The molecule has 1 aliphatic heterocycles. The molecule has 1 fully saturated rings. The van der Waals surface area contributed by atoms with Gasteiger partial charge in [-0.15, -0.1) is 0 Å².